The van der Waals surface area contributed by atoms with Gasteiger partial charge in [0.05, 0.1) is 5.75 Å². The molecule has 2 nitrogen and oxygen atoms in total. The molecule has 0 saturated carbocycles. The van der Waals surface area contributed by atoms with Gasteiger partial charge in [-0.2, -0.15) is 0 Å². The van der Waals surface area contributed by atoms with E-state index in [1.807, 2.05) is 60.7 Å². The Balaban J connectivity index is 1.71. The summed E-state index contributed by atoms with van der Waals surface area (Å²) in [6, 6.07) is 19.6. The smallest absolute Gasteiger partial charge is 0.234 e. The van der Waals surface area contributed by atoms with Crippen molar-refractivity contribution in [3.63, 3.8) is 0 Å². The van der Waals surface area contributed by atoms with Gasteiger partial charge in [-0.25, -0.2) is 0 Å². The van der Waals surface area contributed by atoms with Crippen LogP contribution in [0.4, 0.5) is 5.69 Å². The Morgan fingerprint density at radius 2 is 1.74 bits per heavy atom. The van der Waals surface area contributed by atoms with E-state index in [2.05, 4.69) is 27.9 Å². The van der Waals surface area contributed by atoms with E-state index in [1.165, 1.54) is 11.8 Å². The fraction of sp³-hybridized carbons (Fsp3) is 0.0556. The van der Waals surface area contributed by atoms with Crippen molar-refractivity contribution in [2.24, 2.45) is 0 Å². The highest BCUT2D eigenvalue weighted by atomic mass is 127. The molecule has 1 N–H and O–H groups in total. The van der Waals surface area contributed by atoms with Crippen LogP contribution in [0.1, 0.15) is 0 Å². The lowest BCUT2D eigenvalue weighted by Crippen LogP contribution is -2.13. The average Bonchev–Trinajstić information content (AvgIpc) is 2.55. The summed E-state index contributed by atoms with van der Waals surface area (Å²) in [5, 5.41) is 5.70. The second kappa shape index (κ2) is 7.55. The zero-order valence-electron chi connectivity index (χ0n) is 12.1. The third-order valence-electron chi connectivity index (χ3n) is 3.30. The summed E-state index contributed by atoms with van der Waals surface area (Å²) in [7, 11) is 0. The molecule has 116 valence electrons. The third kappa shape index (κ3) is 4.19. The van der Waals surface area contributed by atoms with E-state index in [0.717, 1.165) is 24.9 Å². The predicted octanol–water partition coefficient (Wildman–Crippen LogP) is 5.83. The minimum absolute atomic E-state index is 0.0275. The molecule has 3 rings (SSSR count). The molecule has 0 aromatic heterocycles. The molecule has 0 aliphatic carbocycles. The maximum absolute atomic E-state index is 12.1. The normalized spacial score (nSPS) is 10.7. The maximum atomic E-state index is 12.1. The van der Waals surface area contributed by atoms with Crippen LogP contribution in [0, 0.1) is 3.57 Å². The molecule has 23 heavy (non-hydrogen) atoms. The first-order valence-electron chi connectivity index (χ1n) is 6.99. The van der Waals surface area contributed by atoms with Crippen molar-refractivity contribution in [2.45, 2.75) is 4.90 Å². The van der Waals surface area contributed by atoms with E-state index < -0.39 is 0 Å². The Morgan fingerprint density at radius 1 is 1.04 bits per heavy atom. The van der Waals surface area contributed by atoms with Gasteiger partial charge in [0.25, 0.3) is 0 Å². The van der Waals surface area contributed by atoms with Crippen LogP contribution in [0.2, 0.25) is 5.02 Å². The third-order valence-corrected chi connectivity index (χ3v) is 5.39. The maximum Gasteiger partial charge on any atom is 0.234 e. The molecule has 0 aliphatic rings. The number of amides is 1. The minimum Gasteiger partial charge on any atom is -0.325 e. The van der Waals surface area contributed by atoms with Crippen molar-refractivity contribution in [3.8, 4) is 0 Å². The molecule has 0 radical (unpaired) electrons. The summed E-state index contributed by atoms with van der Waals surface area (Å²) >= 11 is 10.0. The quantitative estimate of drug-likeness (QED) is 0.398. The van der Waals surface area contributed by atoms with Gasteiger partial charge >= 0.3 is 0 Å². The summed E-state index contributed by atoms with van der Waals surface area (Å²) in [4.78, 5) is 13.1. The van der Waals surface area contributed by atoms with Crippen LogP contribution in [0.5, 0.6) is 0 Å². The van der Waals surface area contributed by atoms with Crippen molar-refractivity contribution >= 4 is 68.3 Å². The van der Waals surface area contributed by atoms with E-state index in [0.29, 0.717) is 10.8 Å². The van der Waals surface area contributed by atoms with Gasteiger partial charge in [-0.3, -0.25) is 4.79 Å². The first kappa shape index (κ1) is 16.6. The monoisotopic (exact) mass is 453 g/mol. The Kier molecular flexibility index (Phi) is 5.46. The molecule has 3 aromatic rings. The minimum atomic E-state index is -0.0275. The van der Waals surface area contributed by atoms with Gasteiger partial charge in [0.1, 0.15) is 0 Å². The standard InChI is InChI=1S/C18H13ClINOS/c19-15-5-1-3-12-4-2-6-16(18(12)15)23-11-17(22)21-14-9-7-13(20)8-10-14/h1-10H,11H2,(H,21,22). The highest BCUT2D eigenvalue weighted by Crippen LogP contribution is 2.33. The Bertz CT molecular complexity index is 846. The number of rotatable bonds is 4. The van der Waals surface area contributed by atoms with Crippen LogP contribution in [-0.2, 0) is 4.79 Å². The number of anilines is 1. The van der Waals surface area contributed by atoms with E-state index in [1.54, 1.807) is 0 Å². The first-order chi connectivity index (χ1) is 11.1. The van der Waals surface area contributed by atoms with E-state index >= 15 is 0 Å². The number of carbonyl (C=O) groups excluding carboxylic acids is 1. The number of nitrogens with one attached hydrogen (secondary N) is 1. The summed E-state index contributed by atoms with van der Waals surface area (Å²) in [6.07, 6.45) is 0. The van der Waals surface area contributed by atoms with Crippen molar-refractivity contribution in [1.29, 1.82) is 0 Å². The summed E-state index contributed by atoms with van der Waals surface area (Å²) in [5.74, 6) is 0.316. The van der Waals surface area contributed by atoms with Crippen LogP contribution in [-0.4, -0.2) is 11.7 Å². The van der Waals surface area contributed by atoms with Crippen molar-refractivity contribution in [3.05, 3.63) is 69.3 Å². The summed E-state index contributed by atoms with van der Waals surface area (Å²) in [5.41, 5.74) is 0.812. The number of carbonyl (C=O) groups is 1. The largest absolute Gasteiger partial charge is 0.325 e. The van der Waals surface area contributed by atoms with Gasteiger partial charge in [0.15, 0.2) is 0 Å². The second-order valence-electron chi connectivity index (χ2n) is 4.94. The highest BCUT2D eigenvalue weighted by molar-refractivity contribution is 14.1. The van der Waals surface area contributed by atoms with E-state index in [9.17, 15) is 4.79 Å². The molecule has 3 aromatic carbocycles. The molecule has 1 amide bonds. The summed E-state index contributed by atoms with van der Waals surface area (Å²) in [6.45, 7) is 0. The van der Waals surface area contributed by atoms with Crippen LogP contribution in [0.25, 0.3) is 10.8 Å². The number of fused-ring (bicyclic) bond motifs is 1. The highest BCUT2D eigenvalue weighted by Gasteiger charge is 2.08. The Labute approximate surface area is 157 Å². The van der Waals surface area contributed by atoms with Crippen LogP contribution in [0.15, 0.2) is 65.6 Å². The molecular weight excluding hydrogens is 441 g/mol. The Hall–Kier alpha value is -1.24. The van der Waals surface area contributed by atoms with E-state index in [4.69, 9.17) is 11.6 Å². The number of benzene rings is 3. The zero-order valence-corrected chi connectivity index (χ0v) is 15.8. The first-order valence-corrected chi connectivity index (χ1v) is 9.43. The number of thioether (sulfide) groups is 1. The molecular formula is C18H13ClINOS. The van der Waals surface area contributed by atoms with Crippen LogP contribution < -0.4 is 5.32 Å². The molecule has 0 unspecified atom stereocenters. The molecule has 0 bridgehead atoms. The van der Waals surface area contributed by atoms with Crippen LogP contribution in [0.3, 0.4) is 0 Å². The number of hydrogen-bond donors (Lipinski definition) is 1. The average molecular weight is 454 g/mol. The lowest BCUT2D eigenvalue weighted by Gasteiger charge is -2.09. The van der Waals surface area contributed by atoms with Crippen molar-refractivity contribution in [1.82, 2.24) is 0 Å². The predicted molar refractivity (Wildman–Crippen MR) is 107 cm³/mol. The number of hydrogen-bond acceptors (Lipinski definition) is 2. The van der Waals surface area contributed by atoms with Gasteiger partial charge < -0.3 is 5.32 Å². The van der Waals surface area contributed by atoms with Crippen LogP contribution >= 0.6 is 46.0 Å². The molecule has 0 atom stereocenters. The Morgan fingerprint density at radius 3 is 2.48 bits per heavy atom. The molecule has 0 fully saturated rings. The lowest BCUT2D eigenvalue weighted by molar-refractivity contribution is -0.113. The molecule has 5 heteroatoms. The second-order valence-corrected chi connectivity index (χ2v) is 7.61. The molecule has 0 saturated heterocycles. The lowest BCUT2D eigenvalue weighted by atomic mass is 10.1. The van der Waals surface area contributed by atoms with Crippen molar-refractivity contribution in [2.75, 3.05) is 11.1 Å². The molecule has 0 aliphatic heterocycles. The zero-order chi connectivity index (χ0) is 16.2. The fourth-order valence-corrected chi connectivity index (χ4v) is 3.86. The molecule has 0 spiro atoms. The van der Waals surface area contributed by atoms with Gasteiger partial charge in [-0.1, -0.05) is 35.9 Å². The topological polar surface area (TPSA) is 29.1 Å². The number of halogens is 2. The van der Waals surface area contributed by atoms with Gasteiger partial charge in [-0.15, -0.1) is 11.8 Å². The van der Waals surface area contributed by atoms with Gasteiger partial charge in [0.2, 0.25) is 5.91 Å². The fourth-order valence-electron chi connectivity index (χ4n) is 2.26. The SMILES string of the molecule is O=C(CSc1cccc2cccc(Cl)c12)Nc1ccc(I)cc1. The summed E-state index contributed by atoms with van der Waals surface area (Å²) < 4.78 is 1.14. The van der Waals surface area contributed by atoms with Crippen molar-refractivity contribution < 1.29 is 4.79 Å². The van der Waals surface area contributed by atoms with Gasteiger partial charge in [-0.05, 0) is 64.4 Å². The molecule has 0 heterocycles. The van der Waals surface area contributed by atoms with Gasteiger partial charge in [0, 0.05) is 24.6 Å². The van der Waals surface area contributed by atoms with E-state index in [-0.39, 0.29) is 5.91 Å².